The summed E-state index contributed by atoms with van der Waals surface area (Å²) in [5.41, 5.74) is 0. The Bertz CT molecular complexity index is 174. The zero-order valence-electron chi connectivity index (χ0n) is 7.17. The highest BCUT2D eigenvalue weighted by Crippen LogP contribution is 2.40. The third-order valence-electron chi connectivity index (χ3n) is 2.94. The lowest BCUT2D eigenvalue weighted by Crippen LogP contribution is -2.31. The van der Waals surface area contributed by atoms with E-state index >= 15 is 0 Å². The molecule has 2 aliphatic rings. The molecule has 1 nitrogen and oxygen atoms in total. The van der Waals surface area contributed by atoms with Crippen LogP contribution < -0.4 is 0 Å². The van der Waals surface area contributed by atoms with Gasteiger partial charge in [-0.3, -0.25) is 0 Å². The Morgan fingerprint density at radius 1 is 1.25 bits per heavy atom. The lowest BCUT2D eigenvalue weighted by molar-refractivity contribution is 0.0838. The molecule has 2 rings (SSSR count). The maximum Gasteiger partial charge on any atom is 0.108 e. The van der Waals surface area contributed by atoms with E-state index < -0.39 is 12.3 Å². The normalized spacial score (nSPS) is 53.8. The molecule has 1 saturated heterocycles. The minimum atomic E-state index is -0.983. The first-order valence-corrected chi connectivity index (χ1v) is 4.62. The number of alkyl halides is 2. The summed E-state index contributed by atoms with van der Waals surface area (Å²) in [5, 5.41) is 0. The molecule has 0 aromatic carbocycles. The van der Waals surface area contributed by atoms with Crippen LogP contribution in [0.2, 0.25) is 0 Å². The fourth-order valence-corrected chi connectivity index (χ4v) is 2.11. The third-order valence-corrected chi connectivity index (χ3v) is 2.94. The number of epoxide rings is 1. The molecule has 2 fully saturated rings. The van der Waals surface area contributed by atoms with Crippen molar-refractivity contribution in [1.82, 2.24) is 0 Å². The minimum Gasteiger partial charge on any atom is -0.369 e. The minimum absolute atomic E-state index is 0.0352. The smallest absolute Gasteiger partial charge is 0.108 e. The Kier molecular flexibility index (Phi) is 2.07. The highest BCUT2D eigenvalue weighted by Gasteiger charge is 2.47. The molecule has 0 aromatic rings. The Morgan fingerprint density at radius 3 is 2.42 bits per heavy atom. The van der Waals surface area contributed by atoms with E-state index in [4.69, 9.17) is 4.74 Å². The van der Waals surface area contributed by atoms with Crippen LogP contribution in [0.5, 0.6) is 0 Å². The van der Waals surface area contributed by atoms with Crippen molar-refractivity contribution in [2.75, 3.05) is 0 Å². The summed E-state index contributed by atoms with van der Waals surface area (Å²) in [6.45, 7) is 1.94. The van der Waals surface area contributed by atoms with Crippen LogP contribution in [-0.4, -0.2) is 24.6 Å². The maximum atomic E-state index is 13.2. The van der Waals surface area contributed by atoms with Crippen LogP contribution >= 0.6 is 0 Å². The number of hydrogen-bond acceptors (Lipinski definition) is 1. The molecule has 1 aliphatic carbocycles. The summed E-state index contributed by atoms with van der Waals surface area (Å²) in [7, 11) is 0. The van der Waals surface area contributed by atoms with Crippen LogP contribution in [0.25, 0.3) is 0 Å². The summed E-state index contributed by atoms with van der Waals surface area (Å²) >= 11 is 0. The molecule has 70 valence electrons. The fraction of sp³-hybridized carbons (Fsp3) is 1.00. The average molecular weight is 176 g/mol. The highest BCUT2D eigenvalue weighted by molar-refractivity contribution is 4.94. The maximum absolute atomic E-state index is 13.2. The molecular weight excluding hydrogens is 162 g/mol. The average Bonchev–Trinajstić information content (AvgIpc) is 2.66. The van der Waals surface area contributed by atoms with E-state index in [2.05, 4.69) is 0 Å². The molecule has 0 N–H and O–H groups in total. The summed E-state index contributed by atoms with van der Waals surface area (Å²) in [5.74, 6) is -0.0352. The SMILES string of the molecule is CC1OC1C1CCC(F)CC1F. The molecule has 0 radical (unpaired) electrons. The van der Waals surface area contributed by atoms with Crippen molar-refractivity contribution >= 4 is 0 Å². The van der Waals surface area contributed by atoms with Gasteiger partial charge in [0.2, 0.25) is 0 Å². The third kappa shape index (κ3) is 1.47. The van der Waals surface area contributed by atoms with E-state index in [1.54, 1.807) is 0 Å². The molecule has 0 spiro atoms. The van der Waals surface area contributed by atoms with Gasteiger partial charge in [0, 0.05) is 12.3 Å². The predicted molar refractivity (Wildman–Crippen MR) is 41.5 cm³/mol. The first-order chi connectivity index (χ1) is 5.68. The Labute approximate surface area is 71.1 Å². The van der Waals surface area contributed by atoms with Crippen LogP contribution in [0.15, 0.2) is 0 Å². The lowest BCUT2D eigenvalue weighted by atomic mass is 9.83. The van der Waals surface area contributed by atoms with Gasteiger partial charge in [-0.25, -0.2) is 8.78 Å². The first kappa shape index (κ1) is 8.42. The van der Waals surface area contributed by atoms with Gasteiger partial charge in [-0.05, 0) is 19.8 Å². The molecule has 0 aromatic heterocycles. The zero-order chi connectivity index (χ0) is 8.72. The van der Waals surface area contributed by atoms with E-state index in [1.165, 1.54) is 0 Å². The van der Waals surface area contributed by atoms with E-state index in [0.29, 0.717) is 12.8 Å². The van der Waals surface area contributed by atoms with Gasteiger partial charge >= 0.3 is 0 Å². The molecule has 12 heavy (non-hydrogen) atoms. The monoisotopic (exact) mass is 176 g/mol. The predicted octanol–water partition coefficient (Wildman–Crippen LogP) is 2.25. The molecule has 3 heteroatoms. The van der Waals surface area contributed by atoms with Crippen molar-refractivity contribution in [3.63, 3.8) is 0 Å². The van der Waals surface area contributed by atoms with Crippen molar-refractivity contribution < 1.29 is 13.5 Å². The van der Waals surface area contributed by atoms with Gasteiger partial charge in [-0.15, -0.1) is 0 Å². The molecule has 5 atom stereocenters. The van der Waals surface area contributed by atoms with Gasteiger partial charge in [0.05, 0.1) is 12.2 Å². The Balaban J connectivity index is 1.90. The summed E-state index contributed by atoms with van der Waals surface area (Å²) in [4.78, 5) is 0. The second-order valence-electron chi connectivity index (χ2n) is 3.90. The molecule has 0 amide bonds. The Hall–Kier alpha value is -0.180. The highest BCUT2D eigenvalue weighted by atomic mass is 19.1. The van der Waals surface area contributed by atoms with Crippen LogP contribution in [0.4, 0.5) is 8.78 Å². The Morgan fingerprint density at radius 2 is 1.92 bits per heavy atom. The molecule has 5 unspecified atom stereocenters. The van der Waals surface area contributed by atoms with Gasteiger partial charge < -0.3 is 4.74 Å². The van der Waals surface area contributed by atoms with Crippen LogP contribution in [0, 0.1) is 5.92 Å². The second-order valence-corrected chi connectivity index (χ2v) is 3.90. The van der Waals surface area contributed by atoms with E-state index in [-0.39, 0.29) is 24.5 Å². The van der Waals surface area contributed by atoms with E-state index in [1.807, 2.05) is 6.92 Å². The van der Waals surface area contributed by atoms with Crippen LogP contribution in [0.1, 0.15) is 26.2 Å². The molecule has 1 heterocycles. The van der Waals surface area contributed by atoms with E-state index in [9.17, 15) is 8.78 Å². The molecule has 0 bridgehead atoms. The van der Waals surface area contributed by atoms with E-state index in [0.717, 1.165) is 0 Å². The number of halogens is 2. The summed E-state index contributed by atoms with van der Waals surface area (Å²) in [6.07, 6.45) is -0.391. The number of rotatable bonds is 1. The van der Waals surface area contributed by atoms with Gasteiger partial charge in [0.15, 0.2) is 0 Å². The lowest BCUT2D eigenvalue weighted by Gasteiger charge is -2.26. The molecule has 1 aliphatic heterocycles. The van der Waals surface area contributed by atoms with Gasteiger partial charge in [0.25, 0.3) is 0 Å². The zero-order valence-corrected chi connectivity index (χ0v) is 7.17. The van der Waals surface area contributed by atoms with Crippen LogP contribution in [-0.2, 0) is 4.74 Å². The second kappa shape index (κ2) is 2.95. The van der Waals surface area contributed by atoms with Crippen molar-refractivity contribution in [2.45, 2.75) is 50.7 Å². The van der Waals surface area contributed by atoms with Gasteiger partial charge in [-0.2, -0.15) is 0 Å². The summed E-state index contributed by atoms with van der Waals surface area (Å²) in [6, 6.07) is 0. The first-order valence-electron chi connectivity index (χ1n) is 4.62. The number of hydrogen-bond donors (Lipinski definition) is 0. The van der Waals surface area contributed by atoms with Crippen molar-refractivity contribution in [2.24, 2.45) is 5.92 Å². The standard InChI is InChI=1S/C9H14F2O/c1-5-9(12-5)7-3-2-6(10)4-8(7)11/h5-9H,2-4H2,1H3. The fourth-order valence-electron chi connectivity index (χ4n) is 2.11. The number of ether oxygens (including phenoxy) is 1. The van der Waals surface area contributed by atoms with Crippen molar-refractivity contribution in [1.29, 1.82) is 0 Å². The van der Waals surface area contributed by atoms with Gasteiger partial charge in [0.1, 0.15) is 12.3 Å². The molecular formula is C9H14F2O. The largest absolute Gasteiger partial charge is 0.369 e. The quantitative estimate of drug-likeness (QED) is 0.558. The van der Waals surface area contributed by atoms with Crippen LogP contribution in [0.3, 0.4) is 0 Å². The summed E-state index contributed by atoms with van der Waals surface area (Å²) < 4.78 is 31.1. The topological polar surface area (TPSA) is 12.5 Å². The van der Waals surface area contributed by atoms with Crippen molar-refractivity contribution in [3.05, 3.63) is 0 Å². The van der Waals surface area contributed by atoms with Crippen molar-refractivity contribution in [3.8, 4) is 0 Å². The molecule has 1 saturated carbocycles. The van der Waals surface area contributed by atoms with Gasteiger partial charge in [-0.1, -0.05) is 0 Å².